The minimum atomic E-state index is -0.885. The van der Waals surface area contributed by atoms with Crippen LogP contribution in [0.1, 0.15) is 66.2 Å². The van der Waals surface area contributed by atoms with Gasteiger partial charge in [0, 0.05) is 6.07 Å². The average molecular weight is 460 g/mol. The van der Waals surface area contributed by atoms with Crippen molar-refractivity contribution in [1.29, 1.82) is 0 Å². The van der Waals surface area contributed by atoms with E-state index < -0.39 is 17.5 Å². The van der Waals surface area contributed by atoms with Crippen LogP contribution in [0.4, 0.5) is 10.5 Å². The maximum atomic E-state index is 13.2. The van der Waals surface area contributed by atoms with Crippen LogP contribution in [0.15, 0.2) is 18.2 Å². The van der Waals surface area contributed by atoms with Crippen LogP contribution in [0.3, 0.4) is 0 Å². The number of carbonyl (C=O) groups is 3. The summed E-state index contributed by atoms with van der Waals surface area (Å²) in [5.74, 6) is 0.821. The second-order valence-corrected chi connectivity index (χ2v) is 10.2. The van der Waals surface area contributed by atoms with Gasteiger partial charge < -0.3 is 20.1 Å². The fourth-order valence-electron chi connectivity index (χ4n) is 4.65. The predicted octanol–water partition coefficient (Wildman–Crippen LogP) is 4.34. The van der Waals surface area contributed by atoms with Crippen molar-refractivity contribution in [1.82, 2.24) is 10.2 Å². The number of urea groups is 1. The SMILES string of the molecule is CCCCOc1ccc(OC)cc1NC(=O)CN1C(=O)NC2(CCC(C(C)(C)C)CC2)C1=O. The van der Waals surface area contributed by atoms with E-state index in [0.717, 1.165) is 30.6 Å². The van der Waals surface area contributed by atoms with Gasteiger partial charge in [-0.15, -0.1) is 0 Å². The number of carbonyl (C=O) groups excluding carboxylic acids is 3. The Morgan fingerprint density at radius 2 is 1.94 bits per heavy atom. The number of benzene rings is 1. The molecule has 0 bridgehead atoms. The van der Waals surface area contributed by atoms with Crippen LogP contribution in [-0.4, -0.2) is 48.5 Å². The van der Waals surface area contributed by atoms with Crippen LogP contribution in [0, 0.1) is 11.3 Å². The first kappa shape index (κ1) is 24.9. The first-order valence-electron chi connectivity index (χ1n) is 11.8. The topological polar surface area (TPSA) is 97.0 Å². The molecule has 1 saturated carbocycles. The summed E-state index contributed by atoms with van der Waals surface area (Å²) in [5, 5.41) is 5.67. The first-order chi connectivity index (χ1) is 15.6. The van der Waals surface area contributed by atoms with Crippen LogP contribution in [0.25, 0.3) is 0 Å². The van der Waals surface area contributed by atoms with Gasteiger partial charge in [0.1, 0.15) is 23.6 Å². The van der Waals surface area contributed by atoms with E-state index in [0.29, 0.717) is 42.6 Å². The largest absolute Gasteiger partial charge is 0.497 e. The molecule has 0 aromatic heterocycles. The van der Waals surface area contributed by atoms with Crippen LogP contribution >= 0.6 is 0 Å². The van der Waals surface area contributed by atoms with Crippen molar-refractivity contribution in [3.8, 4) is 11.5 Å². The molecule has 1 aliphatic carbocycles. The average Bonchev–Trinajstić information content (AvgIpc) is 2.98. The highest BCUT2D eigenvalue weighted by Gasteiger charge is 2.53. The lowest BCUT2D eigenvalue weighted by atomic mass is 9.67. The third kappa shape index (κ3) is 5.60. The van der Waals surface area contributed by atoms with E-state index in [2.05, 4.69) is 38.3 Å². The van der Waals surface area contributed by atoms with Gasteiger partial charge >= 0.3 is 6.03 Å². The van der Waals surface area contributed by atoms with Crippen molar-refractivity contribution in [3.63, 3.8) is 0 Å². The lowest BCUT2D eigenvalue weighted by Crippen LogP contribution is -2.50. The number of methoxy groups -OCH3 is 1. The minimum absolute atomic E-state index is 0.167. The molecule has 2 N–H and O–H groups in total. The van der Waals surface area contributed by atoms with Crippen molar-refractivity contribution in [2.24, 2.45) is 11.3 Å². The van der Waals surface area contributed by atoms with Gasteiger partial charge in [0.05, 0.1) is 19.4 Å². The summed E-state index contributed by atoms with van der Waals surface area (Å²) in [6, 6.07) is 4.65. The summed E-state index contributed by atoms with van der Waals surface area (Å²) in [7, 11) is 1.54. The van der Waals surface area contributed by atoms with Gasteiger partial charge in [-0.2, -0.15) is 0 Å². The van der Waals surface area contributed by atoms with Gasteiger partial charge in [-0.1, -0.05) is 34.1 Å². The van der Waals surface area contributed by atoms with Gasteiger partial charge in [-0.3, -0.25) is 14.5 Å². The summed E-state index contributed by atoms with van der Waals surface area (Å²) in [5.41, 5.74) is -0.271. The first-order valence-corrected chi connectivity index (χ1v) is 11.8. The van der Waals surface area contributed by atoms with Crippen molar-refractivity contribution in [2.75, 3.05) is 25.6 Å². The molecule has 8 nitrogen and oxygen atoms in total. The molecule has 1 aromatic rings. The van der Waals surface area contributed by atoms with Crippen LogP contribution in [0.2, 0.25) is 0 Å². The van der Waals surface area contributed by atoms with Crippen molar-refractivity contribution < 1.29 is 23.9 Å². The number of rotatable bonds is 8. The molecule has 0 atom stereocenters. The van der Waals surface area contributed by atoms with E-state index >= 15 is 0 Å². The third-order valence-electron chi connectivity index (χ3n) is 6.83. The molecule has 2 aliphatic rings. The fraction of sp³-hybridized carbons (Fsp3) is 0.640. The van der Waals surface area contributed by atoms with E-state index in [1.54, 1.807) is 25.3 Å². The van der Waals surface area contributed by atoms with Crippen LogP contribution < -0.4 is 20.1 Å². The lowest BCUT2D eigenvalue weighted by Gasteiger charge is -2.40. The standard InChI is InChI=1S/C25H37N3O5/c1-6-7-14-33-20-9-8-18(32-5)15-19(20)26-21(29)16-28-22(30)25(27-23(28)31)12-10-17(11-13-25)24(2,3)4/h8-9,15,17H,6-7,10-14,16H2,1-5H3,(H,26,29)(H,27,31). The Morgan fingerprint density at radius 1 is 1.24 bits per heavy atom. The number of unbranched alkanes of at least 4 members (excludes halogenated alkanes) is 1. The van der Waals surface area contributed by atoms with Crippen molar-refractivity contribution >= 4 is 23.5 Å². The normalized spacial score (nSPS) is 22.9. The molecular weight excluding hydrogens is 422 g/mol. The number of anilines is 1. The molecule has 2 fully saturated rings. The van der Waals surface area contributed by atoms with Gasteiger partial charge in [-0.05, 0) is 55.6 Å². The van der Waals surface area contributed by atoms with E-state index in [4.69, 9.17) is 9.47 Å². The quantitative estimate of drug-likeness (QED) is 0.445. The molecule has 8 heteroatoms. The number of amides is 4. The molecule has 3 rings (SSSR count). The van der Waals surface area contributed by atoms with Crippen LogP contribution in [0.5, 0.6) is 11.5 Å². The molecule has 1 spiro atoms. The Kier molecular flexibility index (Phi) is 7.55. The Hall–Kier alpha value is -2.77. The van der Waals surface area contributed by atoms with E-state index in [-0.39, 0.29) is 17.9 Å². The molecule has 1 aromatic carbocycles. The van der Waals surface area contributed by atoms with Crippen LogP contribution in [-0.2, 0) is 9.59 Å². The Bertz CT molecular complexity index is 885. The highest BCUT2D eigenvalue weighted by Crippen LogP contribution is 2.43. The van der Waals surface area contributed by atoms with E-state index in [9.17, 15) is 14.4 Å². The van der Waals surface area contributed by atoms with E-state index in [1.165, 1.54) is 0 Å². The molecule has 1 saturated heterocycles. The summed E-state index contributed by atoms with van der Waals surface area (Å²) in [4.78, 5) is 39.7. The monoisotopic (exact) mass is 459 g/mol. The molecule has 0 radical (unpaired) electrons. The molecule has 0 unspecified atom stereocenters. The Morgan fingerprint density at radius 3 is 2.55 bits per heavy atom. The minimum Gasteiger partial charge on any atom is -0.497 e. The highest BCUT2D eigenvalue weighted by molar-refractivity contribution is 6.10. The molecule has 4 amide bonds. The van der Waals surface area contributed by atoms with Crippen molar-refractivity contribution in [3.05, 3.63) is 18.2 Å². The zero-order valence-electron chi connectivity index (χ0n) is 20.5. The number of ether oxygens (including phenoxy) is 2. The van der Waals surface area contributed by atoms with Gasteiger partial charge in [-0.25, -0.2) is 4.79 Å². The number of imide groups is 1. The third-order valence-corrected chi connectivity index (χ3v) is 6.83. The number of hydrogen-bond donors (Lipinski definition) is 2. The number of hydrogen-bond acceptors (Lipinski definition) is 5. The maximum Gasteiger partial charge on any atom is 0.325 e. The van der Waals surface area contributed by atoms with Crippen molar-refractivity contribution in [2.45, 2.75) is 71.8 Å². The molecular formula is C25H37N3O5. The van der Waals surface area contributed by atoms with Gasteiger partial charge in [0.2, 0.25) is 5.91 Å². The number of nitrogens with one attached hydrogen (secondary N) is 2. The Balaban J connectivity index is 1.66. The molecule has 182 valence electrons. The summed E-state index contributed by atoms with van der Waals surface area (Å²) in [6.45, 7) is 8.87. The summed E-state index contributed by atoms with van der Waals surface area (Å²) in [6.07, 6.45) is 4.82. The zero-order chi connectivity index (χ0) is 24.2. The Labute approximate surface area is 196 Å². The number of nitrogens with zero attached hydrogens (tertiary/aromatic N) is 1. The molecule has 1 heterocycles. The second kappa shape index (κ2) is 10.0. The highest BCUT2D eigenvalue weighted by atomic mass is 16.5. The second-order valence-electron chi connectivity index (χ2n) is 10.2. The molecule has 33 heavy (non-hydrogen) atoms. The summed E-state index contributed by atoms with van der Waals surface area (Å²) < 4.78 is 11.0. The van der Waals surface area contributed by atoms with Gasteiger partial charge in [0.25, 0.3) is 5.91 Å². The predicted molar refractivity (Wildman–Crippen MR) is 126 cm³/mol. The zero-order valence-corrected chi connectivity index (χ0v) is 20.5. The summed E-state index contributed by atoms with van der Waals surface area (Å²) >= 11 is 0. The van der Waals surface area contributed by atoms with E-state index in [1.807, 2.05) is 0 Å². The maximum absolute atomic E-state index is 13.2. The van der Waals surface area contributed by atoms with Gasteiger partial charge in [0.15, 0.2) is 0 Å². The lowest BCUT2D eigenvalue weighted by molar-refractivity contribution is -0.135. The smallest absolute Gasteiger partial charge is 0.325 e. The fourth-order valence-corrected chi connectivity index (χ4v) is 4.65. The molecule has 1 aliphatic heterocycles.